The molecule has 0 bridgehead atoms. The van der Waals surface area contributed by atoms with Gasteiger partial charge in [-0.25, -0.2) is 17.6 Å². The molecule has 1 unspecified atom stereocenters. The van der Waals surface area contributed by atoms with Gasteiger partial charge in [0.2, 0.25) is 0 Å². The molecule has 0 aromatic heterocycles. The standard InChI is InChI=1S/C28H6.C23H34ClFO2.C23H34ClFO.C23H32ClFO.C15H26O.C8H7BrClFO.2C4H8O.C2H2.2CH4.Mg.2H/c1-3-5-7-9-11-13-15-17-19-21-23-25-27-28-26-24-22-20-18-16-14-12-10-8-6-4-2;1-3-5-16-6-8-17(9-7-16)18-12-14-23(26,15-13-18)19-10-11-20(27-4-2)21(24)22(19)25;2*1-3-5-16-6-8-17(9-7-16)18-10-12-19(13-11-18)20-14-15-21(26-4-2)22(24)23(20)25;1-2-3-12-4-6-13(7-5-12)14-8-10-15(16)11-9-14;1-2-12-6-4-3-5(9)8(11)7(6)10;2*1-2-4-5-3-1;1-2;;;;;/h1-2H3;10-11,16-18,26H,3-9,12-15H2,1-2H3;14-19H,3-13H2,1-2H3;12,14-18H,3-11,13H2,1-2H3;12-14H,2-11H2,1H3;3-4H,2H2,1H3;2*1-4H2;1-2H;2*1H4;;;/q;;;;;;;;;;;+2;2*-1. The van der Waals surface area contributed by atoms with Crippen LogP contribution in [0.1, 0.15) is 386 Å². The van der Waals surface area contributed by atoms with Crippen LogP contribution in [0.5, 0.6) is 23.0 Å². The molecule has 4 aromatic rings. The van der Waals surface area contributed by atoms with Gasteiger partial charge in [0.15, 0.2) is 17.5 Å². The number of aliphatic hydroxyl groups is 1. The largest absolute Gasteiger partial charge is 2.00 e. The SMILES string of the molecule is C.C.C#C.C1CCOC1.C1CCOC1.CC#CC#CC#CC#CC#CC#CC#CC#CC#CC#CC#CC#CC#CC.CCCC1CCC(C2CC=C(c3ccc(OCC)c(Cl)c3F)CC2)CC1.CCCC1CCC(C2CCC(=O)CC2)CC1.CCCC1CCC(C2CCC(O)(c3ccc(OCC)c(Cl)c3F)CC2)CC1.CCCC1CCC(C2CCC(c3ccc(OCC)c(Cl)c3F)CC2)CC1.CCOc1ccc(Br)c(F)c1Cl.[H-].[H-].[Mg+2]. The van der Waals surface area contributed by atoms with Gasteiger partial charge in [-0.3, -0.25) is 4.79 Å². The van der Waals surface area contributed by atoms with Crippen LogP contribution in [0.2, 0.25) is 20.1 Å². The Hall–Kier alpha value is -8.66. The average molecular weight is 2200 g/mol. The molecule has 8 nitrogen and oxygen atoms in total. The van der Waals surface area contributed by atoms with Crippen LogP contribution in [0, 0.1) is 261 Å². The van der Waals surface area contributed by atoms with Crippen LogP contribution in [-0.2, 0) is 19.9 Å². The van der Waals surface area contributed by atoms with Gasteiger partial charge in [-0.1, -0.05) is 216 Å². The van der Waals surface area contributed by atoms with E-state index < -0.39 is 17.2 Å². The Kier molecular flexibility index (Phi) is 74.0. The molecule has 0 radical (unpaired) electrons. The molecule has 1 N–H and O–H groups in total. The van der Waals surface area contributed by atoms with Crippen LogP contribution in [-0.4, -0.2) is 86.8 Å². The molecule has 1 atom stereocenters. The predicted octanol–water partition coefficient (Wildman–Crippen LogP) is 34.3. The number of Topliss-reactive ketones (excluding diaryl/α,β-unsaturated/α-hetero) is 1. The van der Waals surface area contributed by atoms with Crippen LogP contribution in [0.15, 0.2) is 59.1 Å². The molecule has 0 spiro atoms. The number of carbonyl (C=O) groups is 1. The van der Waals surface area contributed by atoms with Crippen molar-refractivity contribution >= 4 is 96.7 Å². The van der Waals surface area contributed by atoms with E-state index in [2.05, 4.69) is 216 Å². The Morgan fingerprint density at radius 3 is 0.960 bits per heavy atom. The first-order chi connectivity index (χ1) is 71.6. The molecular weight excluding hydrogens is 2040 g/mol. The van der Waals surface area contributed by atoms with Crippen molar-refractivity contribution < 1.29 is 58.7 Å². The number of allylic oxidation sites excluding steroid dienone is 2. The molecule has 14 rings (SSSR count). The van der Waals surface area contributed by atoms with Crippen molar-refractivity contribution in [2.45, 2.75) is 372 Å². The summed E-state index contributed by atoms with van der Waals surface area (Å²) in [5, 5.41) is 11.4. The smallest absolute Gasteiger partial charge is 1.00 e. The van der Waals surface area contributed by atoms with Gasteiger partial charge < -0.3 is 36.4 Å². The fourth-order valence-corrected chi connectivity index (χ4v) is 23.4. The van der Waals surface area contributed by atoms with E-state index in [1.165, 1.54) is 212 Å². The number of carbonyl (C=O) groups excluding carboxylic acids is 1. The Bertz CT molecular complexity index is 5500. The fourth-order valence-electron chi connectivity index (χ4n) is 22.1. The second-order valence-corrected chi connectivity index (χ2v) is 41.6. The van der Waals surface area contributed by atoms with Crippen LogP contribution < -0.4 is 18.9 Å². The third-order valence-electron chi connectivity index (χ3n) is 29.7. The number of ether oxygens (including phenoxy) is 6. The van der Waals surface area contributed by atoms with Crippen LogP contribution >= 0.6 is 62.3 Å². The minimum atomic E-state index is -1.10. The maximum atomic E-state index is 14.8. The number of ketones is 1. The molecule has 0 amide bonds. The Labute approximate surface area is 952 Å². The third-order valence-corrected chi connectivity index (χ3v) is 31.7. The first kappa shape index (κ1) is 135. The van der Waals surface area contributed by atoms with Gasteiger partial charge in [-0.05, 0) is 443 Å². The zero-order valence-corrected chi connectivity index (χ0v) is 95.9. The molecular formula is C132H167BrCl4F4MgO8. The number of benzene rings is 4. The van der Waals surface area contributed by atoms with Gasteiger partial charge in [0, 0.05) is 97.8 Å². The first-order valence-corrected chi connectivity index (χ1v) is 56.8. The topological polar surface area (TPSA) is 92.7 Å². The van der Waals surface area contributed by atoms with Gasteiger partial charge in [0.1, 0.15) is 54.7 Å². The Morgan fingerprint density at radius 2 is 0.647 bits per heavy atom. The van der Waals surface area contributed by atoms with Crippen molar-refractivity contribution in [3.63, 3.8) is 0 Å². The minimum absolute atomic E-state index is 0. The van der Waals surface area contributed by atoms with E-state index in [-0.39, 0.29) is 72.5 Å². The normalized spacial score (nSPS) is 22.1. The minimum Gasteiger partial charge on any atom is -1.00 e. The molecule has 8 aliphatic carbocycles. The maximum Gasteiger partial charge on any atom is 2.00 e. The maximum absolute atomic E-state index is 14.8. The molecule has 18 heteroatoms. The predicted molar refractivity (Wildman–Crippen MR) is 626 cm³/mol. The first-order valence-electron chi connectivity index (χ1n) is 54.5. The second-order valence-electron chi connectivity index (χ2n) is 39.2. The number of rotatable bonds is 23. The molecule has 808 valence electrons. The van der Waals surface area contributed by atoms with Gasteiger partial charge in [0.25, 0.3) is 0 Å². The van der Waals surface area contributed by atoms with Crippen molar-refractivity contribution in [3.8, 4) is 190 Å². The van der Waals surface area contributed by atoms with E-state index in [4.69, 9.17) is 74.8 Å². The molecule has 7 saturated carbocycles. The second kappa shape index (κ2) is 82.0. The van der Waals surface area contributed by atoms with E-state index in [1.54, 1.807) is 44.2 Å². The molecule has 2 saturated heterocycles. The number of terminal acetylenes is 1. The van der Waals surface area contributed by atoms with E-state index in [0.29, 0.717) is 95.5 Å². The summed E-state index contributed by atoms with van der Waals surface area (Å²) in [6, 6.07) is 13.9. The molecule has 4 aromatic carbocycles. The van der Waals surface area contributed by atoms with Crippen LogP contribution in [0.25, 0.3) is 5.57 Å². The summed E-state index contributed by atoms with van der Waals surface area (Å²) in [4.78, 5) is 11.2. The summed E-state index contributed by atoms with van der Waals surface area (Å²) in [5.41, 5.74) is 1.80. The van der Waals surface area contributed by atoms with Gasteiger partial charge in [-0.2, -0.15) is 0 Å². The van der Waals surface area contributed by atoms with Gasteiger partial charge in [0.05, 0.1) is 36.5 Å². The summed E-state index contributed by atoms with van der Waals surface area (Å²) in [5.74, 6) is 77.1. The molecule has 2 aliphatic heterocycles. The molecule has 9 fully saturated rings. The van der Waals surface area contributed by atoms with Crippen molar-refractivity contribution in [1.82, 2.24) is 0 Å². The van der Waals surface area contributed by atoms with Gasteiger partial charge in [-0.15, -0.1) is 12.8 Å². The van der Waals surface area contributed by atoms with E-state index >= 15 is 0 Å². The zero-order valence-electron chi connectivity index (χ0n) is 91.8. The van der Waals surface area contributed by atoms with Crippen molar-refractivity contribution in [2.75, 3.05) is 52.9 Å². The monoisotopic (exact) mass is 2200 g/mol. The summed E-state index contributed by atoms with van der Waals surface area (Å²) in [6.07, 6.45) is 64.1. The summed E-state index contributed by atoms with van der Waals surface area (Å²) >= 11 is 27.1. The van der Waals surface area contributed by atoms with Crippen LogP contribution in [0.3, 0.4) is 0 Å². The fraction of sp³-hybridized carbons (Fsp3) is 0.583. The number of hydrogen-bond acceptors (Lipinski definition) is 8. The Balaban J connectivity index is 0.000000896. The van der Waals surface area contributed by atoms with Gasteiger partial charge >= 0.3 is 23.1 Å². The third kappa shape index (κ3) is 50.3. The quantitative estimate of drug-likeness (QED) is 0.0340. The van der Waals surface area contributed by atoms with E-state index in [9.17, 15) is 27.5 Å². The molecule has 10 aliphatic rings. The molecule has 2 heterocycles. The molecule has 150 heavy (non-hydrogen) atoms. The zero-order chi connectivity index (χ0) is 106. The van der Waals surface area contributed by atoms with Crippen molar-refractivity contribution in [2.24, 2.45) is 71.0 Å². The van der Waals surface area contributed by atoms with E-state index in [1.807, 2.05) is 45.9 Å². The summed E-state index contributed by atoms with van der Waals surface area (Å²) in [6.45, 7) is 25.9. The number of hydrogen-bond donors (Lipinski definition) is 1. The Morgan fingerprint density at radius 1 is 0.367 bits per heavy atom. The van der Waals surface area contributed by atoms with Crippen molar-refractivity contribution in [3.05, 3.63) is 119 Å². The summed E-state index contributed by atoms with van der Waals surface area (Å²) in [7, 11) is 0. The number of halogens is 9. The van der Waals surface area contributed by atoms with Crippen molar-refractivity contribution in [1.29, 1.82) is 0 Å². The van der Waals surface area contributed by atoms with E-state index in [0.717, 1.165) is 154 Å². The average Bonchev–Trinajstić information content (AvgIpc) is 1.02. The summed E-state index contributed by atoms with van der Waals surface area (Å²) < 4.78 is 88.8. The van der Waals surface area contributed by atoms with Crippen LogP contribution in [0.4, 0.5) is 17.6 Å².